The quantitative estimate of drug-likeness (QED) is 0.670. The summed E-state index contributed by atoms with van der Waals surface area (Å²) in [5.41, 5.74) is -0.294. The first-order valence-corrected chi connectivity index (χ1v) is 5.43. The molecular formula is C11H18O4. The molecule has 0 aromatic heterocycles. The fraction of sp³-hybridized carbons (Fsp3) is 0.818. The van der Waals surface area contributed by atoms with Crippen molar-refractivity contribution in [3.05, 3.63) is 0 Å². The number of carbonyl (C=O) groups excluding carboxylic acids is 2. The van der Waals surface area contributed by atoms with Gasteiger partial charge in [0.1, 0.15) is 5.60 Å². The van der Waals surface area contributed by atoms with Crippen LogP contribution in [0.3, 0.4) is 0 Å². The van der Waals surface area contributed by atoms with E-state index in [2.05, 4.69) is 4.74 Å². The smallest absolute Gasteiger partial charge is 0.344 e. The molecule has 4 nitrogen and oxygen atoms in total. The van der Waals surface area contributed by atoms with Gasteiger partial charge in [-0.15, -0.1) is 0 Å². The van der Waals surface area contributed by atoms with Gasteiger partial charge in [0.15, 0.2) is 6.61 Å². The van der Waals surface area contributed by atoms with Crippen molar-refractivity contribution in [1.82, 2.24) is 0 Å². The Hall–Kier alpha value is -1.06. The number of hydrogen-bond acceptors (Lipinski definition) is 4. The molecule has 0 atom stereocenters. The topological polar surface area (TPSA) is 52.6 Å². The molecule has 86 valence electrons. The number of hydrogen-bond donors (Lipinski definition) is 0. The van der Waals surface area contributed by atoms with E-state index < -0.39 is 11.9 Å². The van der Waals surface area contributed by atoms with Gasteiger partial charge in [-0.25, -0.2) is 4.79 Å². The lowest BCUT2D eigenvalue weighted by atomic mass is 9.99. The predicted molar refractivity (Wildman–Crippen MR) is 54.2 cm³/mol. The first kappa shape index (κ1) is 12.0. The van der Waals surface area contributed by atoms with Gasteiger partial charge in [-0.05, 0) is 32.1 Å². The first-order chi connectivity index (χ1) is 7.08. The summed E-state index contributed by atoms with van der Waals surface area (Å²) in [6.45, 7) is 3.03. The minimum atomic E-state index is -0.455. The van der Waals surface area contributed by atoms with Crippen LogP contribution in [-0.2, 0) is 19.1 Å². The Morgan fingerprint density at radius 3 is 2.33 bits per heavy atom. The molecule has 0 aliphatic heterocycles. The Labute approximate surface area is 89.9 Å². The van der Waals surface area contributed by atoms with E-state index in [1.165, 1.54) is 6.92 Å². The SMILES string of the molecule is CCC1(OC(=O)COC(C)=O)CCCC1. The lowest BCUT2D eigenvalue weighted by Gasteiger charge is -2.27. The maximum Gasteiger partial charge on any atom is 0.344 e. The van der Waals surface area contributed by atoms with Crippen molar-refractivity contribution in [2.75, 3.05) is 6.61 Å². The van der Waals surface area contributed by atoms with Gasteiger partial charge in [0.05, 0.1) is 0 Å². The summed E-state index contributed by atoms with van der Waals surface area (Å²) in [4.78, 5) is 21.9. The fourth-order valence-electron chi connectivity index (χ4n) is 1.98. The van der Waals surface area contributed by atoms with Gasteiger partial charge in [-0.3, -0.25) is 4.79 Å². The molecule has 0 unspecified atom stereocenters. The third-order valence-corrected chi connectivity index (χ3v) is 2.88. The third kappa shape index (κ3) is 3.53. The molecule has 0 spiro atoms. The molecule has 0 heterocycles. The Bertz CT molecular complexity index is 241. The van der Waals surface area contributed by atoms with E-state index in [-0.39, 0.29) is 12.2 Å². The molecule has 0 aromatic carbocycles. The number of ether oxygens (including phenoxy) is 2. The first-order valence-electron chi connectivity index (χ1n) is 5.43. The summed E-state index contributed by atoms with van der Waals surface area (Å²) < 4.78 is 9.97. The average Bonchev–Trinajstić information content (AvgIpc) is 2.64. The second kappa shape index (κ2) is 5.14. The Balaban J connectivity index is 2.38. The van der Waals surface area contributed by atoms with Crippen LogP contribution in [0.15, 0.2) is 0 Å². The van der Waals surface area contributed by atoms with E-state index in [1.54, 1.807) is 0 Å². The van der Waals surface area contributed by atoms with E-state index in [0.29, 0.717) is 0 Å². The molecule has 0 amide bonds. The number of esters is 2. The van der Waals surface area contributed by atoms with Crippen LogP contribution in [-0.4, -0.2) is 24.1 Å². The Morgan fingerprint density at radius 1 is 1.27 bits per heavy atom. The zero-order chi connectivity index (χ0) is 11.3. The molecule has 0 aromatic rings. The van der Waals surface area contributed by atoms with Gasteiger partial charge >= 0.3 is 11.9 Å². The van der Waals surface area contributed by atoms with E-state index in [0.717, 1.165) is 32.1 Å². The van der Waals surface area contributed by atoms with Gasteiger partial charge in [-0.1, -0.05) is 6.92 Å². The molecule has 0 saturated heterocycles. The van der Waals surface area contributed by atoms with Crippen LogP contribution < -0.4 is 0 Å². The van der Waals surface area contributed by atoms with Gasteiger partial charge in [-0.2, -0.15) is 0 Å². The van der Waals surface area contributed by atoms with E-state index >= 15 is 0 Å². The second-order valence-electron chi connectivity index (χ2n) is 4.00. The highest BCUT2D eigenvalue weighted by Gasteiger charge is 2.35. The predicted octanol–water partition coefficient (Wildman–Crippen LogP) is 1.82. The monoisotopic (exact) mass is 214 g/mol. The van der Waals surface area contributed by atoms with Crippen LogP contribution in [0.25, 0.3) is 0 Å². The van der Waals surface area contributed by atoms with Crippen LogP contribution in [0.5, 0.6) is 0 Å². The largest absolute Gasteiger partial charge is 0.457 e. The summed E-state index contributed by atoms with van der Waals surface area (Å²) in [6.07, 6.45) is 4.90. The van der Waals surface area contributed by atoms with Gasteiger partial charge < -0.3 is 9.47 Å². The highest BCUT2D eigenvalue weighted by atomic mass is 16.6. The molecule has 1 fully saturated rings. The van der Waals surface area contributed by atoms with Crippen LogP contribution in [0, 0.1) is 0 Å². The van der Waals surface area contributed by atoms with E-state index in [1.807, 2.05) is 6.92 Å². The van der Waals surface area contributed by atoms with Gasteiger partial charge in [0.25, 0.3) is 0 Å². The molecule has 0 N–H and O–H groups in total. The molecule has 4 heteroatoms. The molecule has 0 bridgehead atoms. The van der Waals surface area contributed by atoms with Crippen molar-refractivity contribution in [2.24, 2.45) is 0 Å². The lowest BCUT2D eigenvalue weighted by molar-refractivity contribution is -0.169. The zero-order valence-electron chi connectivity index (χ0n) is 9.38. The molecule has 1 aliphatic carbocycles. The van der Waals surface area contributed by atoms with Crippen LogP contribution in [0.1, 0.15) is 46.0 Å². The maximum atomic E-state index is 11.4. The minimum absolute atomic E-state index is 0.267. The van der Waals surface area contributed by atoms with Crippen molar-refractivity contribution in [3.63, 3.8) is 0 Å². The molecule has 1 rings (SSSR count). The standard InChI is InChI=1S/C11H18O4/c1-3-11(6-4-5-7-11)15-10(13)8-14-9(2)12/h3-8H2,1-2H3. The van der Waals surface area contributed by atoms with Crippen LogP contribution in [0.2, 0.25) is 0 Å². The van der Waals surface area contributed by atoms with E-state index in [9.17, 15) is 9.59 Å². The average molecular weight is 214 g/mol. The lowest BCUT2D eigenvalue weighted by Crippen LogP contribution is -2.33. The molecule has 0 radical (unpaired) electrons. The molecular weight excluding hydrogens is 196 g/mol. The summed E-state index contributed by atoms with van der Waals surface area (Å²) in [6, 6.07) is 0. The van der Waals surface area contributed by atoms with Crippen molar-refractivity contribution in [3.8, 4) is 0 Å². The van der Waals surface area contributed by atoms with Crippen LogP contribution >= 0.6 is 0 Å². The van der Waals surface area contributed by atoms with E-state index in [4.69, 9.17) is 4.74 Å². The molecule has 15 heavy (non-hydrogen) atoms. The van der Waals surface area contributed by atoms with Crippen molar-refractivity contribution in [1.29, 1.82) is 0 Å². The van der Waals surface area contributed by atoms with Crippen molar-refractivity contribution in [2.45, 2.75) is 51.6 Å². The highest BCUT2D eigenvalue weighted by molar-refractivity contribution is 5.75. The van der Waals surface area contributed by atoms with Crippen LogP contribution in [0.4, 0.5) is 0 Å². The molecule has 1 aliphatic rings. The fourth-order valence-corrected chi connectivity index (χ4v) is 1.98. The van der Waals surface area contributed by atoms with Crippen molar-refractivity contribution < 1.29 is 19.1 Å². The zero-order valence-corrected chi connectivity index (χ0v) is 9.38. The van der Waals surface area contributed by atoms with Gasteiger partial charge in [0.2, 0.25) is 0 Å². The summed E-state index contributed by atoms with van der Waals surface area (Å²) in [5, 5.41) is 0. The Morgan fingerprint density at radius 2 is 1.87 bits per heavy atom. The summed E-state index contributed by atoms with van der Waals surface area (Å²) in [5.74, 6) is -0.891. The Kier molecular flexibility index (Phi) is 4.12. The second-order valence-corrected chi connectivity index (χ2v) is 4.00. The van der Waals surface area contributed by atoms with Gasteiger partial charge in [0, 0.05) is 6.92 Å². The minimum Gasteiger partial charge on any atom is -0.457 e. The molecule has 1 saturated carbocycles. The number of carbonyl (C=O) groups is 2. The summed E-state index contributed by atoms with van der Waals surface area (Å²) >= 11 is 0. The normalized spacial score (nSPS) is 18.5. The number of rotatable bonds is 4. The van der Waals surface area contributed by atoms with Crippen molar-refractivity contribution >= 4 is 11.9 Å². The third-order valence-electron chi connectivity index (χ3n) is 2.88. The highest BCUT2D eigenvalue weighted by Crippen LogP contribution is 2.35. The maximum absolute atomic E-state index is 11.4. The summed E-state index contributed by atoms with van der Waals surface area (Å²) in [7, 11) is 0.